The summed E-state index contributed by atoms with van der Waals surface area (Å²) in [6.45, 7) is 2.05. The van der Waals surface area contributed by atoms with Crippen molar-refractivity contribution in [2.75, 3.05) is 13.7 Å². The molecular formula is C24H23N5O4S. The Balaban J connectivity index is 1.38. The average Bonchev–Trinajstić information content (AvgIpc) is 3.40. The van der Waals surface area contributed by atoms with Gasteiger partial charge in [0.15, 0.2) is 0 Å². The number of nitrogens with one attached hydrogen (secondary N) is 1. The molecule has 0 radical (unpaired) electrons. The summed E-state index contributed by atoms with van der Waals surface area (Å²) in [5, 5.41) is 9.03. The molecule has 1 unspecified atom stereocenters. The first-order valence-corrected chi connectivity index (χ1v) is 11.5. The molecule has 0 spiro atoms. The van der Waals surface area contributed by atoms with Gasteiger partial charge in [-0.05, 0) is 48.7 Å². The van der Waals surface area contributed by atoms with Crippen molar-refractivity contribution in [1.29, 1.82) is 0 Å². The van der Waals surface area contributed by atoms with Crippen LogP contribution in [0.25, 0.3) is 21.8 Å². The summed E-state index contributed by atoms with van der Waals surface area (Å²) >= 11 is 1.50. The lowest BCUT2D eigenvalue weighted by Crippen LogP contribution is -2.38. The highest BCUT2D eigenvalue weighted by molar-refractivity contribution is 7.13. The van der Waals surface area contributed by atoms with E-state index in [9.17, 15) is 14.4 Å². The number of benzene rings is 1. The van der Waals surface area contributed by atoms with Gasteiger partial charge in [0.05, 0.1) is 24.0 Å². The standard InChI is InChI=1S/C24H23N5O4S/c1-16(29-22(30)10-9-19(27-29)21-4-3-13-34-21)24(32)25-11-12-28-15-26-20(14-23(28)31)17-5-7-18(33-2)8-6-17/h3-10,13-16H,11-12H2,1-2H3,(H,25,32). The van der Waals surface area contributed by atoms with Crippen LogP contribution in [0, 0.1) is 0 Å². The number of thiophene rings is 1. The molecule has 1 N–H and O–H groups in total. The Morgan fingerprint density at radius 2 is 1.88 bits per heavy atom. The van der Waals surface area contributed by atoms with Crippen molar-refractivity contribution < 1.29 is 9.53 Å². The van der Waals surface area contributed by atoms with Crippen LogP contribution in [0.3, 0.4) is 0 Å². The molecule has 3 aromatic heterocycles. The first kappa shape index (κ1) is 23.1. The normalized spacial score (nSPS) is 11.7. The first-order chi connectivity index (χ1) is 16.5. The van der Waals surface area contributed by atoms with Crippen LogP contribution >= 0.6 is 11.3 Å². The Bertz CT molecular complexity index is 1390. The van der Waals surface area contributed by atoms with Crippen LogP contribution in [-0.2, 0) is 11.3 Å². The number of amides is 1. The molecule has 174 valence electrons. The molecule has 34 heavy (non-hydrogen) atoms. The van der Waals surface area contributed by atoms with E-state index >= 15 is 0 Å². The summed E-state index contributed by atoms with van der Waals surface area (Å²) in [7, 11) is 1.59. The number of hydrogen-bond acceptors (Lipinski definition) is 7. The van der Waals surface area contributed by atoms with Gasteiger partial charge in [-0.25, -0.2) is 9.67 Å². The Morgan fingerprint density at radius 3 is 2.56 bits per heavy atom. The Hall–Kier alpha value is -4.05. The highest BCUT2D eigenvalue weighted by Crippen LogP contribution is 2.22. The van der Waals surface area contributed by atoms with E-state index in [0.717, 1.165) is 16.2 Å². The zero-order valence-electron chi connectivity index (χ0n) is 18.7. The van der Waals surface area contributed by atoms with Crippen LogP contribution in [0.5, 0.6) is 5.75 Å². The van der Waals surface area contributed by atoms with Gasteiger partial charge in [0.25, 0.3) is 11.1 Å². The van der Waals surface area contributed by atoms with Gasteiger partial charge in [-0.3, -0.25) is 19.0 Å². The van der Waals surface area contributed by atoms with Crippen LogP contribution in [0.4, 0.5) is 0 Å². The molecule has 1 amide bonds. The number of aromatic nitrogens is 4. The lowest BCUT2D eigenvalue weighted by Gasteiger charge is -2.15. The van der Waals surface area contributed by atoms with Gasteiger partial charge >= 0.3 is 0 Å². The molecule has 4 rings (SSSR count). The van der Waals surface area contributed by atoms with Gasteiger partial charge in [-0.2, -0.15) is 5.10 Å². The van der Waals surface area contributed by atoms with Crippen molar-refractivity contribution in [2.24, 2.45) is 0 Å². The molecule has 10 heteroatoms. The monoisotopic (exact) mass is 477 g/mol. The fourth-order valence-electron chi connectivity index (χ4n) is 3.33. The van der Waals surface area contributed by atoms with E-state index in [1.165, 1.54) is 39.0 Å². The fourth-order valence-corrected chi connectivity index (χ4v) is 4.02. The number of rotatable bonds is 8. The zero-order valence-corrected chi connectivity index (χ0v) is 19.5. The van der Waals surface area contributed by atoms with Crippen molar-refractivity contribution in [1.82, 2.24) is 24.6 Å². The smallest absolute Gasteiger partial charge is 0.267 e. The topological polar surface area (TPSA) is 108 Å². The molecule has 0 saturated heterocycles. The van der Waals surface area contributed by atoms with Gasteiger partial charge in [-0.1, -0.05) is 6.07 Å². The lowest BCUT2D eigenvalue weighted by molar-refractivity contribution is -0.124. The van der Waals surface area contributed by atoms with Crippen molar-refractivity contribution >= 4 is 17.2 Å². The van der Waals surface area contributed by atoms with Gasteiger partial charge in [0.1, 0.15) is 17.5 Å². The van der Waals surface area contributed by atoms with Crippen LogP contribution in [0.15, 0.2) is 75.9 Å². The number of carbonyl (C=O) groups is 1. The molecule has 1 aromatic carbocycles. The SMILES string of the molecule is COc1ccc(-c2cc(=O)n(CCNC(=O)C(C)n3nc(-c4cccs4)ccc3=O)cn2)cc1. The number of hydrogen-bond donors (Lipinski definition) is 1. The van der Waals surface area contributed by atoms with E-state index < -0.39 is 6.04 Å². The summed E-state index contributed by atoms with van der Waals surface area (Å²) < 4.78 is 7.73. The largest absolute Gasteiger partial charge is 0.497 e. The highest BCUT2D eigenvalue weighted by atomic mass is 32.1. The molecule has 9 nitrogen and oxygen atoms in total. The Kier molecular flexibility index (Phi) is 6.98. The van der Waals surface area contributed by atoms with Crippen molar-refractivity contribution in [2.45, 2.75) is 19.5 Å². The molecule has 0 aliphatic rings. The van der Waals surface area contributed by atoms with E-state index in [4.69, 9.17) is 4.74 Å². The zero-order chi connectivity index (χ0) is 24.1. The third kappa shape index (κ3) is 5.12. The highest BCUT2D eigenvalue weighted by Gasteiger charge is 2.18. The van der Waals surface area contributed by atoms with Gasteiger partial charge in [0, 0.05) is 30.8 Å². The summed E-state index contributed by atoms with van der Waals surface area (Å²) in [6, 6.07) is 14.8. The van der Waals surface area contributed by atoms with E-state index in [2.05, 4.69) is 15.4 Å². The minimum Gasteiger partial charge on any atom is -0.497 e. The van der Waals surface area contributed by atoms with Gasteiger partial charge in [-0.15, -0.1) is 11.3 Å². The predicted octanol–water partition coefficient (Wildman–Crippen LogP) is 2.58. The molecule has 1 atom stereocenters. The molecule has 0 bridgehead atoms. The Morgan fingerprint density at radius 1 is 1.09 bits per heavy atom. The number of carbonyl (C=O) groups excluding carboxylic acids is 1. The van der Waals surface area contributed by atoms with Crippen LogP contribution in [0.2, 0.25) is 0 Å². The molecular weight excluding hydrogens is 454 g/mol. The third-order valence-corrected chi connectivity index (χ3v) is 6.15. The Labute approximate surface area is 199 Å². The minimum atomic E-state index is -0.806. The molecule has 0 aliphatic heterocycles. The van der Waals surface area contributed by atoms with Gasteiger partial charge < -0.3 is 10.1 Å². The minimum absolute atomic E-state index is 0.200. The lowest BCUT2D eigenvalue weighted by atomic mass is 10.1. The van der Waals surface area contributed by atoms with E-state index in [-0.39, 0.29) is 30.1 Å². The number of ether oxygens (including phenoxy) is 1. The molecule has 0 saturated carbocycles. The first-order valence-electron chi connectivity index (χ1n) is 10.6. The van der Waals surface area contributed by atoms with Crippen LogP contribution in [0.1, 0.15) is 13.0 Å². The molecule has 0 fully saturated rings. The molecule has 3 heterocycles. The maximum Gasteiger partial charge on any atom is 0.267 e. The second-order valence-corrected chi connectivity index (χ2v) is 8.43. The van der Waals surface area contributed by atoms with E-state index in [1.54, 1.807) is 32.2 Å². The average molecular weight is 478 g/mol. The maximum absolute atomic E-state index is 12.6. The summed E-state index contributed by atoms with van der Waals surface area (Å²) in [4.78, 5) is 42.7. The molecule has 0 aliphatic carbocycles. The van der Waals surface area contributed by atoms with Crippen molar-refractivity contribution in [3.63, 3.8) is 0 Å². The van der Waals surface area contributed by atoms with E-state index in [1.807, 2.05) is 29.6 Å². The summed E-state index contributed by atoms with van der Waals surface area (Å²) in [5.41, 5.74) is 1.39. The fraction of sp³-hybridized carbons (Fsp3) is 0.208. The quantitative estimate of drug-likeness (QED) is 0.418. The van der Waals surface area contributed by atoms with Crippen molar-refractivity contribution in [3.8, 4) is 27.6 Å². The van der Waals surface area contributed by atoms with E-state index in [0.29, 0.717) is 11.4 Å². The third-order valence-electron chi connectivity index (χ3n) is 5.26. The predicted molar refractivity (Wildman–Crippen MR) is 130 cm³/mol. The summed E-state index contributed by atoms with van der Waals surface area (Å²) in [5.74, 6) is 0.353. The second kappa shape index (κ2) is 10.3. The number of methoxy groups -OCH3 is 1. The molecule has 4 aromatic rings. The van der Waals surface area contributed by atoms with Crippen molar-refractivity contribution in [3.05, 3.63) is 87.0 Å². The van der Waals surface area contributed by atoms with Crippen LogP contribution in [-0.4, -0.2) is 38.9 Å². The number of nitrogens with zero attached hydrogens (tertiary/aromatic N) is 4. The van der Waals surface area contributed by atoms with Gasteiger partial charge in [0.2, 0.25) is 5.91 Å². The van der Waals surface area contributed by atoms with Crippen LogP contribution < -0.4 is 21.2 Å². The maximum atomic E-state index is 12.6. The summed E-state index contributed by atoms with van der Waals surface area (Å²) in [6.07, 6.45) is 1.45. The second-order valence-electron chi connectivity index (χ2n) is 7.48.